The van der Waals surface area contributed by atoms with Crippen molar-refractivity contribution in [1.82, 2.24) is 5.32 Å². The lowest BCUT2D eigenvalue weighted by Gasteiger charge is -2.72. The number of unbranched alkanes of at least 4 members (excludes halogenated alkanes) is 2. The standard InChI is InChI=1S/C54H75NO8/c1-4-5-6-15-36-27-51(31-57)45-20-22-50-21-10-9-14-34-16-11-17-37(30-56)40(34)25-44(55-3)41-24-38(47(50)42-26-46(58)63-49(41)42)28-53(50,61)52(45,60)29-39-23-35(32(2)33-12-7-8-13-33)18-19-43(48(36)59)54(39,51)62/h11,16-17,26,31-33,35-36,38-39,41,43-45,47-49,55-56,59-62H,4-8,10,12-13,15,18-25,27-30H2,1-3H3. The highest BCUT2D eigenvalue weighted by molar-refractivity contribution is 5.86. The van der Waals surface area contributed by atoms with E-state index in [9.17, 15) is 35.1 Å². The predicted molar refractivity (Wildman–Crippen MR) is 240 cm³/mol. The van der Waals surface area contributed by atoms with Gasteiger partial charge in [-0.3, -0.25) is 0 Å². The molecule has 7 fully saturated rings. The lowest BCUT2D eigenvalue weighted by Crippen LogP contribution is -2.81. The number of hydrogen-bond acceptors (Lipinski definition) is 9. The van der Waals surface area contributed by atoms with E-state index in [1.54, 1.807) is 6.08 Å². The van der Waals surface area contributed by atoms with Gasteiger partial charge in [0.1, 0.15) is 18.0 Å². The Morgan fingerprint density at radius 1 is 1.00 bits per heavy atom. The van der Waals surface area contributed by atoms with Crippen molar-refractivity contribution in [2.24, 2.45) is 70.0 Å². The molecule has 344 valence electrons. The normalized spacial score (nSPS) is 46.8. The Balaban J connectivity index is 1.13. The molecule has 17 unspecified atom stereocenters. The maximum absolute atomic E-state index is 14.6. The fraction of sp³-hybridized carbons (Fsp3) is 0.778. The van der Waals surface area contributed by atoms with Crippen molar-refractivity contribution >= 4 is 12.3 Å². The minimum Gasteiger partial charge on any atom is -0.454 e. The summed E-state index contributed by atoms with van der Waals surface area (Å²) in [4.78, 5) is 28.1. The number of benzene rings is 1. The number of hydrogen-bond donors (Lipinski definition) is 6. The van der Waals surface area contributed by atoms with Crippen LogP contribution in [-0.4, -0.2) is 79.9 Å². The summed E-state index contributed by atoms with van der Waals surface area (Å²) in [7, 11) is 1.94. The van der Waals surface area contributed by atoms with E-state index in [0.717, 1.165) is 60.7 Å². The van der Waals surface area contributed by atoms with Gasteiger partial charge in [-0.15, -0.1) is 0 Å². The van der Waals surface area contributed by atoms with Crippen LogP contribution in [0.1, 0.15) is 153 Å². The third-order valence-corrected chi connectivity index (χ3v) is 20.8. The first kappa shape index (κ1) is 44.3. The highest BCUT2D eigenvalue weighted by Gasteiger charge is 2.83. The number of carbonyl (C=O) groups excluding carboxylic acids is 2. The molecule has 7 saturated carbocycles. The highest BCUT2D eigenvalue weighted by atomic mass is 16.5. The van der Waals surface area contributed by atoms with Crippen molar-refractivity contribution in [3.63, 3.8) is 0 Å². The number of aldehydes is 1. The fourth-order valence-corrected chi connectivity index (χ4v) is 18.1. The monoisotopic (exact) mass is 866 g/mol. The molecule has 0 amide bonds. The first-order chi connectivity index (χ1) is 30.3. The molecule has 1 spiro atoms. The number of fused-ring (bicyclic) bond motifs is 7. The van der Waals surface area contributed by atoms with Gasteiger partial charge in [-0.1, -0.05) is 82.8 Å². The predicted octanol–water partition coefficient (Wildman–Crippen LogP) is 6.96. The SMILES string of the molecule is CCCCCC1CC2(C=O)C3CCC45CCC#Cc6cccc(CO)c6CC(NC)C6CC(CC4(O)C3(O)CC3CC(C(C)C4CCCC4)CCC(C1O)C32O)C5C1=CC(=O)OC16. The van der Waals surface area contributed by atoms with Gasteiger partial charge < -0.3 is 40.4 Å². The average molecular weight is 866 g/mol. The summed E-state index contributed by atoms with van der Waals surface area (Å²) in [5.41, 5.74) is -3.44. The van der Waals surface area contributed by atoms with E-state index < -0.39 is 57.6 Å². The summed E-state index contributed by atoms with van der Waals surface area (Å²) in [5, 5.41) is 69.1. The smallest absolute Gasteiger partial charge is 0.331 e. The summed E-state index contributed by atoms with van der Waals surface area (Å²) in [6.07, 6.45) is 16.4. The molecule has 1 aromatic carbocycles. The molecule has 9 heteroatoms. The van der Waals surface area contributed by atoms with Crippen LogP contribution in [0, 0.1) is 81.8 Å². The van der Waals surface area contributed by atoms with Gasteiger partial charge in [0, 0.05) is 47.3 Å². The highest BCUT2D eigenvalue weighted by Crippen LogP contribution is 2.78. The topological polar surface area (TPSA) is 157 Å². The third kappa shape index (κ3) is 6.22. The van der Waals surface area contributed by atoms with Crippen LogP contribution in [0.2, 0.25) is 0 Å². The minimum atomic E-state index is -1.71. The number of likely N-dealkylation sites (N-methyl/N-ethyl adjacent to an activating group) is 1. The number of nitrogens with one attached hydrogen (secondary N) is 1. The molecule has 63 heavy (non-hydrogen) atoms. The van der Waals surface area contributed by atoms with Crippen LogP contribution < -0.4 is 5.32 Å². The average Bonchev–Trinajstić information content (AvgIpc) is 3.99. The Labute approximate surface area is 375 Å². The van der Waals surface area contributed by atoms with E-state index in [2.05, 4.69) is 31.0 Å². The number of esters is 1. The van der Waals surface area contributed by atoms with Crippen molar-refractivity contribution in [3.05, 3.63) is 46.5 Å². The Hall–Kier alpha value is -2.58. The second-order valence-electron chi connectivity index (χ2n) is 22.8. The minimum absolute atomic E-state index is 0.0723. The molecule has 0 saturated heterocycles. The van der Waals surface area contributed by atoms with Gasteiger partial charge in [-0.2, -0.15) is 0 Å². The Morgan fingerprint density at radius 3 is 2.56 bits per heavy atom. The van der Waals surface area contributed by atoms with E-state index in [1.165, 1.54) is 25.7 Å². The van der Waals surface area contributed by atoms with Crippen molar-refractivity contribution in [2.45, 2.75) is 184 Å². The molecule has 10 rings (SSSR count). The van der Waals surface area contributed by atoms with E-state index >= 15 is 0 Å². The maximum Gasteiger partial charge on any atom is 0.331 e. The molecule has 0 radical (unpaired) electrons. The molecule has 1 heterocycles. The molecule has 1 aliphatic heterocycles. The van der Waals surface area contributed by atoms with Gasteiger partial charge in [0.05, 0.1) is 29.3 Å². The number of aliphatic hydroxyl groups is 5. The van der Waals surface area contributed by atoms with Crippen LogP contribution in [0.15, 0.2) is 29.8 Å². The zero-order chi connectivity index (χ0) is 44.1. The fourth-order valence-electron chi connectivity index (χ4n) is 18.1. The zero-order valence-corrected chi connectivity index (χ0v) is 38.2. The summed E-state index contributed by atoms with van der Waals surface area (Å²) in [6, 6.07) is 5.78. The van der Waals surface area contributed by atoms with Crippen LogP contribution >= 0.6 is 0 Å². The molecule has 8 aliphatic carbocycles. The molecule has 4 bridgehead atoms. The number of carbonyl (C=O) groups is 2. The van der Waals surface area contributed by atoms with Gasteiger partial charge >= 0.3 is 5.97 Å². The first-order valence-electron chi connectivity index (χ1n) is 25.5. The molecule has 1 aromatic rings. The van der Waals surface area contributed by atoms with Crippen LogP contribution in [0.5, 0.6) is 0 Å². The van der Waals surface area contributed by atoms with E-state index in [0.29, 0.717) is 76.0 Å². The Morgan fingerprint density at radius 2 is 1.81 bits per heavy atom. The van der Waals surface area contributed by atoms with Gasteiger partial charge in [0.15, 0.2) is 0 Å². The van der Waals surface area contributed by atoms with E-state index in [1.807, 2.05) is 25.2 Å². The summed E-state index contributed by atoms with van der Waals surface area (Å²) < 4.78 is 6.30. The Bertz CT molecular complexity index is 2040. The van der Waals surface area contributed by atoms with Crippen LogP contribution in [-0.2, 0) is 27.4 Å². The van der Waals surface area contributed by atoms with Crippen molar-refractivity contribution in [2.75, 3.05) is 7.05 Å². The van der Waals surface area contributed by atoms with Crippen molar-refractivity contribution in [1.29, 1.82) is 0 Å². The van der Waals surface area contributed by atoms with Gasteiger partial charge in [-0.25, -0.2) is 4.79 Å². The van der Waals surface area contributed by atoms with Crippen LogP contribution in [0.3, 0.4) is 0 Å². The molecule has 17 atom stereocenters. The molecule has 6 N–H and O–H groups in total. The molecule has 9 nitrogen and oxygen atoms in total. The first-order valence-corrected chi connectivity index (χ1v) is 25.5. The number of ether oxygens (including phenoxy) is 1. The summed E-state index contributed by atoms with van der Waals surface area (Å²) in [6.45, 7) is 4.46. The van der Waals surface area contributed by atoms with Crippen molar-refractivity contribution in [3.8, 4) is 11.8 Å². The van der Waals surface area contributed by atoms with Crippen LogP contribution in [0.4, 0.5) is 0 Å². The van der Waals surface area contributed by atoms with E-state index in [4.69, 9.17) is 4.74 Å². The zero-order valence-electron chi connectivity index (χ0n) is 38.2. The molecular weight excluding hydrogens is 791 g/mol. The van der Waals surface area contributed by atoms with Crippen LogP contribution in [0.25, 0.3) is 0 Å². The third-order valence-electron chi connectivity index (χ3n) is 20.8. The lowest BCUT2D eigenvalue weighted by molar-refractivity contribution is -0.348. The van der Waals surface area contributed by atoms with Gasteiger partial charge in [0.2, 0.25) is 0 Å². The lowest BCUT2D eigenvalue weighted by atomic mass is 9.35. The molecule has 9 aliphatic rings. The largest absolute Gasteiger partial charge is 0.454 e. The molecular formula is C54H75NO8. The second kappa shape index (κ2) is 16.3. The summed E-state index contributed by atoms with van der Waals surface area (Å²) >= 11 is 0. The number of rotatable bonds is 9. The molecule has 0 aromatic heterocycles. The van der Waals surface area contributed by atoms with Gasteiger partial charge in [-0.05, 0) is 148 Å². The Kier molecular flexibility index (Phi) is 11.5. The second-order valence-corrected chi connectivity index (χ2v) is 22.8. The maximum atomic E-state index is 14.6. The van der Waals surface area contributed by atoms with Crippen molar-refractivity contribution < 1.29 is 39.9 Å². The van der Waals surface area contributed by atoms with Gasteiger partial charge in [0.25, 0.3) is 0 Å². The quantitative estimate of drug-likeness (QED) is 0.0669. The number of aliphatic hydroxyl groups excluding tert-OH is 2. The summed E-state index contributed by atoms with van der Waals surface area (Å²) in [5.74, 6) is 5.67. The van der Waals surface area contributed by atoms with E-state index in [-0.39, 0.29) is 54.6 Å².